The van der Waals surface area contributed by atoms with Crippen LogP contribution >= 0.6 is 0 Å². The maximum Gasteiger partial charge on any atom is 0.453 e. The zero-order chi connectivity index (χ0) is 23.8. The third-order valence-corrected chi connectivity index (χ3v) is 5.59. The molecule has 0 bridgehead atoms. The Kier molecular flexibility index (Phi) is 6.57. The number of halogens is 3. The van der Waals surface area contributed by atoms with Crippen LogP contribution in [0.5, 0.6) is 0 Å². The summed E-state index contributed by atoms with van der Waals surface area (Å²) in [6.07, 6.45) is -4.68. The summed E-state index contributed by atoms with van der Waals surface area (Å²) in [7, 11) is 0. The van der Waals surface area contributed by atoms with Crippen LogP contribution in [0.1, 0.15) is 73.6 Å². The second-order valence-corrected chi connectivity index (χ2v) is 8.69. The Bertz CT molecular complexity index is 1120. The second kappa shape index (κ2) is 8.88. The number of amides is 1. The number of rotatable bonds is 6. The Balaban J connectivity index is 1.85. The Morgan fingerprint density at radius 3 is 2.16 bits per heavy atom. The molecule has 1 atom stereocenters. The molecule has 0 saturated carbocycles. The van der Waals surface area contributed by atoms with Crippen LogP contribution in [0.15, 0.2) is 24.3 Å². The number of carbonyl (C=O) groups is 1. The lowest BCUT2D eigenvalue weighted by Crippen LogP contribution is -2.33. The van der Waals surface area contributed by atoms with Crippen LogP contribution < -0.4 is 5.32 Å². The van der Waals surface area contributed by atoms with Gasteiger partial charge in [0.2, 0.25) is 5.91 Å². The van der Waals surface area contributed by atoms with Gasteiger partial charge in [-0.3, -0.25) is 4.79 Å². The van der Waals surface area contributed by atoms with E-state index in [0.29, 0.717) is 22.9 Å². The molecule has 3 rings (SSSR count). The molecule has 0 aliphatic rings. The van der Waals surface area contributed by atoms with Gasteiger partial charge in [-0.1, -0.05) is 52.0 Å². The summed E-state index contributed by atoms with van der Waals surface area (Å²) in [6, 6.07) is 7.99. The monoisotopic (exact) mass is 447 g/mol. The molecule has 0 spiro atoms. The van der Waals surface area contributed by atoms with Crippen LogP contribution in [-0.2, 0) is 17.4 Å². The number of nitrogens with one attached hydrogen (secondary N) is 1. The third-order valence-electron chi connectivity index (χ3n) is 5.59. The van der Waals surface area contributed by atoms with Gasteiger partial charge in [-0.2, -0.15) is 18.2 Å². The molecule has 0 radical (unpaired) electrons. The van der Waals surface area contributed by atoms with E-state index in [9.17, 15) is 18.0 Å². The van der Waals surface area contributed by atoms with Crippen molar-refractivity contribution in [3.63, 3.8) is 0 Å². The van der Waals surface area contributed by atoms with Crippen molar-refractivity contribution >= 4 is 11.7 Å². The number of alkyl halides is 3. The van der Waals surface area contributed by atoms with E-state index in [1.807, 2.05) is 26.0 Å². The predicted molar refractivity (Wildman–Crippen MR) is 115 cm³/mol. The zero-order valence-electron chi connectivity index (χ0n) is 19.1. The normalized spacial score (nSPS) is 13.2. The zero-order valence-corrected chi connectivity index (χ0v) is 19.1. The number of carbonyl (C=O) groups excluding carboxylic acids is 1. The van der Waals surface area contributed by atoms with Gasteiger partial charge < -0.3 is 5.32 Å². The van der Waals surface area contributed by atoms with E-state index in [1.165, 1.54) is 5.56 Å². The molecular formula is C23H28F3N5O. The van der Waals surface area contributed by atoms with Crippen LogP contribution in [0.2, 0.25) is 0 Å². The quantitative estimate of drug-likeness (QED) is 0.581. The first-order valence-electron chi connectivity index (χ1n) is 10.6. The maximum atomic E-state index is 13.0. The summed E-state index contributed by atoms with van der Waals surface area (Å²) >= 11 is 0. The number of aromatic nitrogens is 4. The van der Waals surface area contributed by atoms with Gasteiger partial charge in [0.1, 0.15) is 0 Å². The fraction of sp³-hybridized carbons (Fsp3) is 0.478. The number of hydrogen-bond acceptors (Lipinski definition) is 4. The highest BCUT2D eigenvalue weighted by Gasteiger charge is 2.37. The molecule has 0 fully saturated rings. The number of benzene rings is 1. The molecule has 0 aliphatic heterocycles. The molecule has 2 aromatic heterocycles. The lowest BCUT2D eigenvalue weighted by molar-refractivity contribution is -0.144. The first kappa shape index (κ1) is 23.7. The maximum absolute atomic E-state index is 13.0. The molecule has 1 aromatic carbocycles. The van der Waals surface area contributed by atoms with Crippen LogP contribution in [-0.4, -0.2) is 25.5 Å². The lowest BCUT2D eigenvalue weighted by Gasteiger charge is -2.24. The van der Waals surface area contributed by atoms with Crippen molar-refractivity contribution < 1.29 is 18.0 Å². The van der Waals surface area contributed by atoms with Crippen LogP contribution in [0.3, 0.4) is 0 Å². The van der Waals surface area contributed by atoms with Crippen molar-refractivity contribution in [1.29, 1.82) is 0 Å². The van der Waals surface area contributed by atoms with Gasteiger partial charge in [-0.05, 0) is 36.8 Å². The Morgan fingerprint density at radius 2 is 1.62 bits per heavy atom. The van der Waals surface area contributed by atoms with E-state index in [-0.39, 0.29) is 30.1 Å². The average molecular weight is 448 g/mol. The van der Waals surface area contributed by atoms with Gasteiger partial charge in [0.05, 0.1) is 12.5 Å². The molecule has 1 amide bonds. The van der Waals surface area contributed by atoms with E-state index < -0.39 is 12.0 Å². The molecule has 9 heteroatoms. The molecule has 2 heterocycles. The molecule has 1 N–H and O–H groups in total. The van der Waals surface area contributed by atoms with Gasteiger partial charge in [0.25, 0.3) is 11.6 Å². The SMILES string of the molecule is Cc1nc2nc(C(F)(F)F)nn2c(C)c1CC(=O)NC(c1ccc(C(C)C)cc1)C(C)C. The summed E-state index contributed by atoms with van der Waals surface area (Å²) in [5, 5.41) is 6.61. The average Bonchev–Trinajstić information content (AvgIpc) is 3.14. The largest absolute Gasteiger partial charge is 0.453 e. The first-order chi connectivity index (χ1) is 14.9. The highest BCUT2D eigenvalue weighted by molar-refractivity contribution is 5.79. The van der Waals surface area contributed by atoms with Gasteiger partial charge in [-0.25, -0.2) is 9.50 Å². The van der Waals surface area contributed by atoms with Gasteiger partial charge in [0.15, 0.2) is 0 Å². The molecular weight excluding hydrogens is 419 g/mol. The van der Waals surface area contributed by atoms with E-state index in [4.69, 9.17) is 0 Å². The van der Waals surface area contributed by atoms with E-state index in [0.717, 1.165) is 10.1 Å². The summed E-state index contributed by atoms with van der Waals surface area (Å²) in [4.78, 5) is 20.5. The van der Waals surface area contributed by atoms with Crippen molar-refractivity contribution in [3.8, 4) is 0 Å². The Hall–Kier alpha value is -2.97. The fourth-order valence-corrected chi connectivity index (χ4v) is 3.69. The summed E-state index contributed by atoms with van der Waals surface area (Å²) in [5.41, 5.74) is 3.62. The molecule has 1 unspecified atom stereocenters. The van der Waals surface area contributed by atoms with Gasteiger partial charge in [0, 0.05) is 17.0 Å². The Labute approximate surface area is 185 Å². The van der Waals surface area contributed by atoms with Crippen molar-refractivity contribution in [1.82, 2.24) is 24.9 Å². The summed E-state index contributed by atoms with van der Waals surface area (Å²) in [5.74, 6) is -1.06. The van der Waals surface area contributed by atoms with E-state index in [1.54, 1.807) is 13.8 Å². The first-order valence-corrected chi connectivity index (χ1v) is 10.6. The van der Waals surface area contributed by atoms with Crippen molar-refractivity contribution in [2.24, 2.45) is 5.92 Å². The standard InChI is InChI=1S/C23H28F3N5O/c1-12(2)16-7-9-17(10-8-16)20(13(3)4)28-19(32)11-18-14(5)27-22-29-21(23(24,25)26)30-31(22)15(18)6/h7-10,12-13,20H,11H2,1-6H3,(H,28,32). The van der Waals surface area contributed by atoms with Crippen LogP contribution in [0.25, 0.3) is 5.78 Å². The molecule has 172 valence electrons. The van der Waals surface area contributed by atoms with Crippen molar-refractivity contribution in [2.45, 2.75) is 66.1 Å². The van der Waals surface area contributed by atoms with Crippen LogP contribution in [0.4, 0.5) is 13.2 Å². The smallest absolute Gasteiger partial charge is 0.349 e. The molecule has 6 nitrogen and oxygen atoms in total. The van der Waals surface area contributed by atoms with Crippen LogP contribution in [0, 0.1) is 19.8 Å². The molecule has 32 heavy (non-hydrogen) atoms. The molecule has 0 aliphatic carbocycles. The number of hydrogen-bond donors (Lipinski definition) is 1. The number of fused-ring (bicyclic) bond motifs is 1. The molecule has 3 aromatic rings. The highest BCUT2D eigenvalue weighted by atomic mass is 19.4. The van der Waals surface area contributed by atoms with Gasteiger partial charge >= 0.3 is 6.18 Å². The minimum absolute atomic E-state index is 0.0187. The summed E-state index contributed by atoms with van der Waals surface area (Å²) in [6.45, 7) is 11.6. The number of aryl methyl sites for hydroxylation is 2. The minimum Gasteiger partial charge on any atom is -0.349 e. The third kappa shape index (κ3) is 4.92. The molecule has 0 saturated heterocycles. The van der Waals surface area contributed by atoms with E-state index >= 15 is 0 Å². The Morgan fingerprint density at radius 1 is 1.03 bits per heavy atom. The predicted octanol–water partition coefficient (Wildman–Crippen LogP) is 4.94. The summed E-state index contributed by atoms with van der Waals surface area (Å²) < 4.78 is 40.0. The lowest BCUT2D eigenvalue weighted by atomic mass is 9.93. The van der Waals surface area contributed by atoms with Crippen molar-refractivity contribution in [2.75, 3.05) is 0 Å². The topological polar surface area (TPSA) is 72.2 Å². The number of nitrogens with zero attached hydrogens (tertiary/aromatic N) is 4. The van der Waals surface area contributed by atoms with Gasteiger partial charge in [-0.15, -0.1) is 5.10 Å². The second-order valence-electron chi connectivity index (χ2n) is 8.69. The van der Waals surface area contributed by atoms with Crippen molar-refractivity contribution in [3.05, 3.63) is 58.2 Å². The highest BCUT2D eigenvalue weighted by Crippen LogP contribution is 2.28. The fourth-order valence-electron chi connectivity index (χ4n) is 3.69. The van der Waals surface area contributed by atoms with E-state index in [2.05, 4.69) is 46.4 Å². The minimum atomic E-state index is -4.67.